The van der Waals surface area contributed by atoms with Gasteiger partial charge in [0.25, 0.3) is 0 Å². The number of hydrogen-bond acceptors (Lipinski definition) is 5. The molecule has 1 fully saturated rings. The van der Waals surface area contributed by atoms with Crippen LogP contribution < -0.4 is 11.2 Å². The summed E-state index contributed by atoms with van der Waals surface area (Å²) in [6, 6.07) is 5.34. The van der Waals surface area contributed by atoms with E-state index in [0.717, 1.165) is 12.8 Å². The fraction of sp³-hybridized carbons (Fsp3) is 0.500. The van der Waals surface area contributed by atoms with Crippen molar-refractivity contribution in [3.05, 3.63) is 28.2 Å². The molecule has 1 aromatic heterocycles. The molecule has 3 N–H and O–H groups in total. The smallest absolute Gasteiger partial charge is 0.230 e. The Labute approximate surface area is 173 Å². The first-order valence-corrected chi connectivity index (χ1v) is 10.9. The number of carbonyl (C=O) groups is 1. The molecule has 0 saturated heterocycles. The van der Waals surface area contributed by atoms with Crippen LogP contribution in [0, 0.1) is 0 Å². The number of nitrogens with zero attached hydrogens (tertiary/aromatic N) is 3. The van der Waals surface area contributed by atoms with Crippen LogP contribution in [0.15, 0.2) is 23.4 Å². The predicted molar refractivity (Wildman–Crippen MR) is 111 cm³/mol. The van der Waals surface area contributed by atoms with E-state index in [4.69, 9.17) is 29.0 Å². The van der Waals surface area contributed by atoms with Crippen molar-refractivity contribution in [1.82, 2.24) is 20.2 Å². The summed E-state index contributed by atoms with van der Waals surface area (Å²) in [5, 5.41) is 12.8. The van der Waals surface area contributed by atoms with Gasteiger partial charge in [-0.05, 0) is 31.0 Å². The minimum absolute atomic E-state index is 0.00379. The number of carbonyl (C=O) groups excluding carboxylic acids is 1. The second-order valence-corrected chi connectivity index (χ2v) is 8.48. The summed E-state index contributed by atoms with van der Waals surface area (Å²) in [5.74, 6) is 6.75. The van der Waals surface area contributed by atoms with Gasteiger partial charge in [0.1, 0.15) is 0 Å². The number of hydrogen-bond donors (Lipinski definition) is 2. The molecule has 3 rings (SSSR count). The van der Waals surface area contributed by atoms with Gasteiger partial charge in [-0.2, -0.15) is 0 Å². The van der Waals surface area contributed by atoms with Gasteiger partial charge in [-0.15, -0.1) is 10.2 Å². The molecule has 0 spiro atoms. The molecule has 1 aromatic carbocycles. The average molecular weight is 428 g/mol. The van der Waals surface area contributed by atoms with E-state index in [9.17, 15) is 4.79 Å². The maximum absolute atomic E-state index is 12.3. The topological polar surface area (TPSA) is 85.8 Å². The number of thioether (sulfide) groups is 1. The van der Waals surface area contributed by atoms with Crippen LogP contribution >= 0.6 is 35.0 Å². The third-order valence-electron chi connectivity index (χ3n) is 4.64. The third-order valence-corrected chi connectivity index (χ3v) is 6.14. The highest BCUT2D eigenvalue weighted by Crippen LogP contribution is 2.30. The van der Waals surface area contributed by atoms with Gasteiger partial charge in [0, 0.05) is 16.6 Å². The van der Waals surface area contributed by atoms with Crippen LogP contribution in [-0.4, -0.2) is 32.6 Å². The van der Waals surface area contributed by atoms with Crippen molar-refractivity contribution in [2.24, 2.45) is 0 Å². The fourth-order valence-electron chi connectivity index (χ4n) is 3.23. The summed E-state index contributed by atoms with van der Waals surface area (Å²) in [6.07, 6.45) is 8.29. The Bertz CT molecular complexity index is 790. The van der Waals surface area contributed by atoms with Crippen molar-refractivity contribution in [3.8, 4) is 11.4 Å². The van der Waals surface area contributed by atoms with Crippen molar-refractivity contribution in [1.29, 1.82) is 0 Å². The normalized spacial score (nSPS) is 15.9. The average Bonchev–Trinajstić information content (AvgIpc) is 2.98. The van der Waals surface area contributed by atoms with Gasteiger partial charge in [0.05, 0.1) is 10.8 Å². The maximum atomic E-state index is 12.3. The Hall–Kier alpha value is -1.44. The number of halogens is 2. The zero-order valence-corrected chi connectivity index (χ0v) is 17.3. The summed E-state index contributed by atoms with van der Waals surface area (Å²) < 4.78 is 1.34. The molecule has 0 unspecified atom stereocenters. The van der Waals surface area contributed by atoms with Crippen LogP contribution in [0.1, 0.15) is 44.9 Å². The van der Waals surface area contributed by atoms with Gasteiger partial charge >= 0.3 is 0 Å². The lowest BCUT2D eigenvalue weighted by molar-refractivity contribution is -0.119. The van der Waals surface area contributed by atoms with E-state index in [1.54, 1.807) is 18.2 Å². The summed E-state index contributed by atoms with van der Waals surface area (Å²) in [6.45, 7) is 0. The summed E-state index contributed by atoms with van der Waals surface area (Å²) in [7, 11) is 0. The van der Waals surface area contributed by atoms with Gasteiger partial charge in [0.15, 0.2) is 5.82 Å². The number of benzene rings is 1. The monoisotopic (exact) mass is 427 g/mol. The Balaban J connectivity index is 1.59. The molecule has 0 atom stereocenters. The molecule has 1 aliphatic carbocycles. The molecule has 1 saturated carbocycles. The molecule has 2 aromatic rings. The van der Waals surface area contributed by atoms with Crippen molar-refractivity contribution in [3.63, 3.8) is 0 Å². The Morgan fingerprint density at radius 2 is 1.89 bits per heavy atom. The van der Waals surface area contributed by atoms with Crippen LogP contribution in [0.4, 0.5) is 0 Å². The quantitative estimate of drug-likeness (QED) is 0.548. The Kier molecular flexibility index (Phi) is 7.26. The molecule has 0 aliphatic heterocycles. The molecule has 9 heteroatoms. The van der Waals surface area contributed by atoms with Crippen molar-refractivity contribution >= 4 is 40.9 Å². The first kappa shape index (κ1) is 20.3. The molecule has 27 heavy (non-hydrogen) atoms. The lowest BCUT2D eigenvalue weighted by Gasteiger charge is -2.20. The van der Waals surface area contributed by atoms with E-state index in [2.05, 4.69) is 15.5 Å². The molecule has 1 aliphatic rings. The maximum Gasteiger partial charge on any atom is 0.230 e. The fourth-order valence-corrected chi connectivity index (χ4v) is 4.27. The number of nitrogens with two attached hydrogens (primary N) is 1. The lowest BCUT2D eigenvalue weighted by atomic mass is 9.97. The lowest BCUT2D eigenvalue weighted by Crippen LogP contribution is -2.36. The van der Waals surface area contributed by atoms with Crippen LogP contribution in [0.2, 0.25) is 10.0 Å². The second-order valence-electron chi connectivity index (χ2n) is 6.70. The summed E-state index contributed by atoms with van der Waals surface area (Å²) in [5.41, 5.74) is 0.602. The highest BCUT2D eigenvalue weighted by molar-refractivity contribution is 7.99. The Morgan fingerprint density at radius 1 is 1.19 bits per heavy atom. The van der Waals surface area contributed by atoms with E-state index in [1.807, 2.05) is 0 Å². The van der Waals surface area contributed by atoms with Crippen LogP contribution in [0.5, 0.6) is 0 Å². The molecule has 1 heterocycles. The van der Waals surface area contributed by atoms with Gasteiger partial charge in [0.2, 0.25) is 11.1 Å². The molecule has 146 valence electrons. The number of nitrogen functional groups attached to an aromatic ring is 1. The standard InChI is InChI=1S/C18H23Cl2N5OS/c19-12-8-9-15(20)14(10-12)17-23-24-18(25(17)21)27-11-16(26)22-13-6-4-2-1-3-5-7-13/h8-10,13H,1-7,11,21H2,(H,22,26). The summed E-state index contributed by atoms with van der Waals surface area (Å²) >= 11 is 13.5. The van der Waals surface area contributed by atoms with Crippen LogP contribution in [0.3, 0.4) is 0 Å². The van der Waals surface area contributed by atoms with Gasteiger partial charge in [-0.1, -0.05) is 67.1 Å². The van der Waals surface area contributed by atoms with Gasteiger partial charge in [-0.3, -0.25) is 4.79 Å². The van der Waals surface area contributed by atoms with E-state index in [0.29, 0.717) is 26.6 Å². The van der Waals surface area contributed by atoms with Crippen molar-refractivity contribution < 1.29 is 4.79 Å². The predicted octanol–water partition coefficient (Wildman–Crippen LogP) is 4.29. The van der Waals surface area contributed by atoms with Crippen LogP contribution in [0.25, 0.3) is 11.4 Å². The molecule has 1 amide bonds. The first-order chi connectivity index (χ1) is 13.0. The molecular formula is C18H23Cl2N5OS. The molecule has 0 bridgehead atoms. The van der Waals surface area contributed by atoms with Gasteiger partial charge < -0.3 is 11.2 Å². The zero-order valence-electron chi connectivity index (χ0n) is 15.0. The number of rotatable bonds is 5. The molecule has 0 radical (unpaired) electrons. The Morgan fingerprint density at radius 3 is 2.63 bits per heavy atom. The zero-order chi connectivity index (χ0) is 19.2. The molecular weight excluding hydrogens is 405 g/mol. The third kappa shape index (κ3) is 5.53. The number of aromatic nitrogens is 3. The van der Waals surface area contributed by atoms with Gasteiger partial charge in [-0.25, -0.2) is 4.68 Å². The highest BCUT2D eigenvalue weighted by Gasteiger charge is 2.18. The number of nitrogens with one attached hydrogen (secondary N) is 1. The highest BCUT2D eigenvalue weighted by atomic mass is 35.5. The first-order valence-electron chi connectivity index (χ1n) is 9.12. The van der Waals surface area contributed by atoms with Crippen LogP contribution in [-0.2, 0) is 4.79 Å². The van der Waals surface area contributed by atoms with Crippen molar-refractivity contribution in [2.45, 2.75) is 56.1 Å². The van der Waals surface area contributed by atoms with E-state index in [-0.39, 0.29) is 17.7 Å². The van der Waals surface area contributed by atoms with E-state index < -0.39 is 0 Å². The minimum Gasteiger partial charge on any atom is -0.353 e. The molecule has 6 nitrogen and oxygen atoms in total. The van der Waals surface area contributed by atoms with E-state index >= 15 is 0 Å². The minimum atomic E-state index is -0.00379. The van der Waals surface area contributed by atoms with E-state index in [1.165, 1.54) is 48.5 Å². The van der Waals surface area contributed by atoms with Crippen molar-refractivity contribution in [2.75, 3.05) is 11.6 Å². The number of amides is 1. The SMILES string of the molecule is Nn1c(SCC(=O)NC2CCCCCCC2)nnc1-c1cc(Cl)ccc1Cl. The largest absolute Gasteiger partial charge is 0.353 e. The second kappa shape index (κ2) is 9.66. The summed E-state index contributed by atoms with van der Waals surface area (Å²) in [4.78, 5) is 12.3.